The van der Waals surface area contributed by atoms with Gasteiger partial charge in [-0.2, -0.15) is 0 Å². The third-order valence-corrected chi connectivity index (χ3v) is 3.96. The maximum absolute atomic E-state index is 5.11. The summed E-state index contributed by atoms with van der Waals surface area (Å²) in [6, 6.07) is 0. The molecule has 13 heavy (non-hydrogen) atoms. The minimum atomic E-state index is 0.614. The van der Waals surface area contributed by atoms with E-state index in [9.17, 15) is 0 Å². The van der Waals surface area contributed by atoms with Crippen LogP contribution in [-0.2, 0) is 4.74 Å². The Kier molecular flexibility index (Phi) is 2.35. The molecule has 0 aromatic carbocycles. The first kappa shape index (κ1) is 9.11. The van der Waals surface area contributed by atoms with Gasteiger partial charge in [0, 0.05) is 0 Å². The van der Waals surface area contributed by atoms with Gasteiger partial charge in [0.1, 0.15) is 0 Å². The molecule has 0 bridgehead atoms. The van der Waals surface area contributed by atoms with Crippen LogP contribution in [0.4, 0.5) is 0 Å². The lowest BCUT2D eigenvalue weighted by atomic mass is 9.70. The third kappa shape index (κ3) is 1.61. The molecule has 0 radical (unpaired) electrons. The van der Waals surface area contributed by atoms with Crippen molar-refractivity contribution >= 4 is 0 Å². The molecule has 2 rings (SSSR count). The fourth-order valence-corrected chi connectivity index (χ4v) is 3.22. The van der Waals surface area contributed by atoms with E-state index in [1.54, 1.807) is 7.11 Å². The van der Waals surface area contributed by atoms with Crippen LogP contribution in [0.5, 0.6) is 0 Å². The van der Waals surface area contributed by atoms with Crippen molar-refractivity contribution in [3.8, 4) is 0 Å². The van der Waals surface area contributed by atoms with Gasteiger partial charge in [0.2, 0.25) is 0 Å². The van der Waals surface area contributed by atoms with E-state index in [1.165, 1.54) is 44.1 Å². The minimum absolute atomic E-state index is 0.614. The molecule has 2 aliphatic rings. The molecule has 0 amide bonds. The van der Waals surface area contributed by atoms with Crippen LogP contribution in [0.25, 0.3) is 0 Å². The standard InChI is InChI=1S/C12H20O/c1-12-6-4-3-5-11(12)7-10(8-12)9-13-2/h9,11H,3-8H2,1-2H3/b10-9+/t11-,12+/m1/s1. The lowest BCUT2D eigenvalue weighted by Gasteiger charge is -2.35. The average Bonchev–Trinajstić information content (AvgIpc) is 2.41. The van der Waals surface area contributed by atoms with Gasteiger partial charge in [0.05, 0.1) is 13.4 Å². The van der Waals surface area contributed by atoms with Gasteiger partial charge < -0.3 is 4.74 Å². The van der Waals surface area contributed by atoms with Gasteiger partial charge >= 0.3 is 0 Å². The summed E-state index contributed by atoms with van der Waals surface area (Å²) >= 11 is 0. The Morgan fingerprint density at radius 3 is 3.00 bits per heavy atom. The largest absolute Gasteiger partial charge is 0.504 e. The molecule has 0 saturated heterocycles. The van der Waals surface area contributed by atoms with Crippen LogP contribution in [0, 0.1) is 11.3 Å². The maximum Gasteiger partial charge on any atom is 0.0816 e. The van der Waals surface area contributed by atoms with E-state index in [0.717, 1.165) is 5.92 Å². The van der Waals surface area contributed by atoms with Gasteiger partial charge in [0.15, 0.2) is 0 Å². The first-order valence-electron chi connectivity index (χ1n) is 5.45. The van der Waals surface area contributed by atoms with Gasteiger partial charge in [-0.05, 0) is 42.6 Å². The summed E-state index contributed by atoms with van der Waals surface area (Å²) in [7, 11) is 1.76. The normalized spacial score (nSPS) is 42.0. The fraction of sp³-hybridized carbons (Fsp3) is 0.833. The van der Waals surface area contributed by atoms with Crippen LogP contribution < -0.4 is 0 Å². The van der Waals surface area contributed by atoms with E-state index >= 15 is 0 Å². The van der Waals surface area contributed by atoms with Gasteiger partial charge in [-0.3, -0.25) is 0 Å². The summed E-state index contributed by atoms with van der Waals surface area (Å²) in [5.74, 6) is 0.947. The van der Waals surface area contributed by atoms with E-state index in [0.29, 0.717) is 5.41 Å². The second-order valence-electron chi connectivity index (χ2n) is 4.99. The van der Waals surface area contributed by atoms with Crippen molar-refractivity contribution < 1.29 is 4.74 Å². The summed E-state index contributed by atoms with van der Waals surface area (Å²) in [6.45, 7) is 2.47. The topological polar surface area (TPSA) is 9.23 Å². The maximum atomic E-state index is 5.11. The van der Waals surface area contributed by atoms with Crippen LogP contribution >= 0.6 is 0 Å². The monoisotopic (exact) mass is 180 g/mol. The van der Waals surface area contributed by atoms with Crippen molar-refractivity contribution in [2.45, 2.75) is 45.4 Å². The molecule has 74 valence electrons. The van der Waals surface area contributed by atoms with Crippen molar-refractivity contribution in [2.24, 2.45) is 11.3 Å². The van der Waals surface area contributed by atoms with Gasteiger partial charge in [0.25, 0.3) is 0 Å². The summed E-state index contributed by atoms with van der Waals surface area (Å²) < 4.78 is 5.11. The zero-order valence-electron chi connectivity index (χ0n) is 8.81. The lowest BCUT2D eigenvalue weighted by Crippen LogP contribution is -2.25. The van der Waals surface area contributed by atoms with Crippen molar-refractivity contribution in [1.82, 2.24) is 0 Å². The fourth-order valence-electron chi connectivity index (χ4n) is 3.22. The first-order valence-corrected chi connectivity index (χ1v) is 5.45. The van der Waals surface area contributed by atoms with E-state index < -0.39 is 0 Å². The highest BCUT2D eigenvalue weighted by Crippen LogP contribution is 2.53. The molecule has 0 spiro atoms. The number of hydrogen-bond donors (Lipinski definition) is 0. The van der Waals surface area contributed by atoms with E-state index in [-0.39, 0.29) is 0 Å². The van der Waals surface area contributed by atoms with Gasteiger partial charge in [-0.15, -0.1) is 0 Å². The molecule has 0 heterocycles. The second-order valence-corrected chi connectivity index (χ2v) is 4.99. The number of hydrogen-bond acceptors (Lipinski definition) is 1. The van der Waals surface area contributed by atoms with Crippen LogP contribution in [-0.4, -0.2) is 7.11 Å². The number of methoxy groups -OCH3 is 1. The van der Waals surface area contributed by atoms with Crippen molar-refractivity contribution in [1.29, 1.82) is 0 Å². The second kappa shape index (κ2) is 3.36. The summed E-state index contributed by atoms with van der Waals surface area (Å²) in [5, 5.41) is 0. The number of rotatable bonds is 1. The third-order valence-electron chi connectivity index (χ3n) is 3.96. The number of fused-ring (bicyclic) bond motifs is 1. The first-order chi connectivity index (χ1) is 6.24. The Balaban J connectivity index is 2.10. The summed E-state index contributed by atoms with van der Waals surface area (Å²) in [6.07, 6.45) is 10.3. The zero-order valence-corrected chi connectivity index (χ0v) is 8.81. The molecule has 0 aromatic rings. The van der Waals surface area contributed by atoms with Gasteiger partial charge in [-0.25, -0.2) is 0 Å². The average molecular weight is 180 g/mol. The molecule has 2 saturated carbocycles. The molecule has 0 unspecified atom stereocenters. The van der Waals surface area contributed by atoms with Crippen LogP contribution in [0.3, 0.4) is 0 Å². The van der Waals surface area contributed by atoms with E-state index in [1.807, 2.05) is 6.26 Å². The molecule has 2 aliphatic carbocycles. The Hall–Kier alpha value is -0.460. The SMILES string of the molecule is CO/C=C1\C[C@H]2CCCC[C@@]2(C)C1. The number of allylic oxidation sites excluding steroid dienone is 1. The molecule has 1 nitrogen and oxygen atoms in total. The highest BCUT2D eigenvalue weighted by atomic mass is 16.5. The smallest absolute Gasteiger partial charge is 0.0816 e. The molecule has 0 aromatic heterocycles. The molecule has 1 heteroatoms. The van der Waals surface area contributed by atoms with Crippen molar-refractivity contribution in [3.63, 3.8) is 0 Å². The number of ether oxygens (including phenoxy) is 1. The Morgan fingerprint density at radius 1 is 1.46 bits per heavy atom. The molecular weight excluding hydrogens is 160 g/mol. The van der Waals surface area contributed by atoms with Crippen LogP contribution in [0.1, 0.15) is 45.4 Å². The molecular formula is C12H20O. The van der Waals surface area contributed by atoms with Crippen molar-refractivity contribution in [2.75, 3.05) is 7.11 Å². The molecule has 2 atom stereocenters. The predicted octanol–water partition coefficient (Wildman–Crippen LogP) is 3.51. The van der Waals surface area contributed by atoms with E-state index in [2.05, 4.69) is 6.92 Å². The zero-order chi connectivity index (χ0) is 9.31. The lowest BCUT2D eigenvalue weighted by molar-refractivity contribution is 0.153. The molecule has 0 N–H and O–H groups in total. The van der Waals surface area contributed by atoms with Crippen LogP contribution in [0.2, 0.25) is 0 Å². The summed E-state index contributed by atoms with van der Waals surface area (Å²) in [5.41, 5.74) is 2.15. The molecule has 0 aliphatic heterocycles. The highest BCUT2D eigenvalue weighted by Gasteiger charge is 2.42. The summed E-state index contributed by atoms with van der Waals surface area (Å²) in [4.78, 5) is 0. The Labute approximate surface area is 81.2 Å². The van der Waals surface area contributed by atoms with Gasteiger partial charge in [-0.1, -0.05) is 19.8 Å². The Morgan fingerprint density at radius 2 is 2.31 bits per heavy atom. The van der Waals surface area contributed by atoms with Crippen LogP contribution in [0.15, 0.2) is 11.8 Å². The molecule has 2 fully saturated rings. The Bertz CT molecular complexity index is 219. The predicted molar refractivity (Wildman–Crippen MR) is 54.4 cm³/mol. The minimum Gasteiger partial charge on any atom is -0.504 e. The van der Waals surface area contributed by atoms with Crippen molar-refractivity contribution in [3.05, 3.63) is 11.8 Å². The quantitative estimate of drug-likeness (QED) is 0.561. The van der Waals surface area contributed by atoms with E-state index in [4.69, 9.17) is 4.74 Å². The highest BCUT2D eigenvalue weighted by molar-refractivity contribution is 5.13.